The number of ether oxygens (including phenoxy) is 1. The summed E-state index contributed by atoms with van der Waals surface area (Å²) in [7, 11) is 0. The molecule has 0 bridgehead atoms. The van der Waals surface area contributed by atoms with Gasteiger partial charge in [0, 0.05) is 18.8 Å². The van der Waals surface area contributed by atoms with Crippen LogP contribution in [0.4, 0.5) is 11.6 Å². The fraction of sp³-hybridized carbons (Fsp3) is 0.278. The van der Waals surface area contributed by atoms with E-state index in [2.05, 4.69) is 47.0 Å². The van der Waals surface area contributed by atoms with Crippen molar-refractivity contribution in [1.29, 1.82) is 5.26 Å². The third-order valence-corrected chi connectivity index (χ3v) is 3.81. The van der Waals surface area contributed by atoms with Crippen molar-refractivity contribution in [2.75, 3.05) is 16.8 Å². The Morgan fingerprint density at radius 3 is 2.79 bits per heavy atom. The van der Waals surface area contributed by atoms with Gasteiger partial charge in [0.25, 0.3) is 0 Å². The topological polar surface area (TPSA) is 74.1 Å². The highest BCUT2D eigenvalue weighted by Crippen LogP contribution is 2.35. The Bertz CT molecular complexity index is 795. The lowest BCUT2D eigenvalue weighted by Gasteiger charge is -2.25. The van der Waals surface area contributed by atoms with Crippen LogP contribution in [0.1, 0.15) is 26.5 Å². The molecule has 6 heteroatoms. The number of para-hydroxylation sites is 2. The quantitative estimate of drug-likeness (QED) is 0.870. The van der Waals surface area contributed by atoms with E-state index in [9.17, 15) is 5.26 Å². The van der Waals surface area contributed by atoms with Crippen molar-refractivity contribution >= 4 is 17.2 Å². The summed E-state index contributed by atoms with van der Waals surface area (Å²) < 4.78 is 5.76. The Kier molecular flexibility index (Phi) is 4.34. The minimum atomic E-state index is 0.272. The molecule has 2 heterocycles. The maximum absolute atomic E-state index is 9.61. The van der Waals surface area contributed by atoms with E-state index in [4.69, 9.17) is 4.74 Å². The maximum atomic E-state index is 9.61. The van der Waals surface area contributed by atoms with Gasteiger partial charge in [0.05, 0.1) is 11.4 Å². The summed E-state index contributed by atoms with van der Waals surface area (Å²) in [6.07, 6.45) is 1.67. The van der Waals surface area contributed by atoms with E-state index in [1.165, 1.54) is 0 Å². The molecule has 0 radical (unpaired) electrons. The minimum absolute atomic E-state index is 0.272. The molecule has 3 rings (SSSR count). The molecule has 122 valence electrons. The first-order valence-corrected chi connectivity index (χ1v) is 7.92. The normalized spacial score (nSPS) is 14.5. The van der Waals surface area contributed by atoms with Crippen LogP contribution in [0.25, 0.3) is 5.57 Å². The van der Waals surface area contributed by atoms with E-state index < -0.39 is 0 Å². The second-order valence-corrected chi connectivity index (χ2v) is 5.66. The van der Waals surface area contributed by atoms with Gasteiger partial charge in [-0.15, -0.1) is 0 Å². The smallest absolute Gasteiger partial charge is 0.226 e. The van der Waals surface area contributed by atoms with Gasteiger partial charge in [-0.3, -0.25) is 0 Å². The zero-order chi connectivity index (χ0) is 17.1. The summed E-state index contributed by atoms with van der Waals surface area (Å²) in [5, 5.41) is 12.7. The van der Waals surface area contributed by atoms with E-state index in [1.54, 1.807) is 12.3 Å². The summed E-state index contributed by atoms with van der Waals surface area (Å²) >= 11 is 0. The number of fused-ring (bicyclic) bond motifs is 1. The number of nitriles is 1. The molecule has 0 saturated heterocycles. The standard InChI is InChI=1S/C18H19N5O/c1-4-23(12(2)3)18-20-10-9-14(22-18)13(11-19)17-21-15-7-5-6-8-16(15)24-17/h5-10,12,21H,4H2,1-3H3/b17-13-. The molecule has 0 amide bonds. The molecule has 24 heavy (non-hydrogen) atoms. The Balaban J connectivity index is 1.99. The van der Waals surface area contributed by atoms with E-state index in [0.717, 1.165) is 12.2 Å². The fourth-order valence-electron chi connectivity index (χ4n) is 2.62. The van der Waals surface area contributed by atoms with Gasteiger partial charge in [-0.25, -0.2) is 9.97 Å². The third kappa shape index (κ3) is 2.88. The average molecular weight is 321 g/mol. The molecule has 0 unspecified atom stereocenters. The van der Waals surface area contributed by atoms with E-state index in [-0.39, 0.29) is 6.04 Å². The first-order valence-electron chi connectivity index (χ1n) is 7.92. The van der Waals surface area contributed by atoms with Crippen molar-refractivity contribution < 1.29 is 4.74 Å². The number of allylic oxidation sites excluding steroid dienone is 1. The summed E-state index contributed by atoms with van der Waals surface area (Å²) in [5.41, 5.74) is 1.73. The first kappa shape index (κ1) is 15.8. The maximum Gasteiger partial charge on any atom is 0.226 e. The predicted molar refractivity (Wildman–Crippen MR) is 93.4 cm³/mol. The molecule has 0 saturated carbocycles. The van der Waals surface area contributed by atoms with Gasteiger partial charge in [-0.05, 0) is 39.0 Å². The van der Waals surface area contributed by atoms with Crippen molar-refractivity contribution in [2.45, 2.75) is 26.8 Å². The van der Waals surface area contributed by atoms with Crippen LogP contribution >= 0.6 is 0 Å². The van der Waals surface area contributed by atoms with Crippen LogP contribution in [-0.4, -0.2) is 22.6 Å². The Labute approximate surface area is 141 Å². The number of hydrogen-bond acceptors (Lipinski definition) is 6. The van der Waals surface area contributed by atoms with Gasteiger partial charge in [0.1, 0.15) is 11.6 Å². The number of nitrogens with one attached hydrogen (secondary N) is 1. The zero-order valence-corrected chi connectivity index (χ0v) is 13.9. The monoisotopic (exact) mass is 321 g/mol. The molecule has 1 aliphatic heterocycles. The number of hydrogen-bond donors (Lipinski definition) is 1. The third-order valence-electron chi connectivity index (χ3n) is 3.81. The minimum Gasteiger partial charge on any atom is -0.437 e. The van der Waals surface area contributed by atoms with Crippen LogP contribution in [0.2, 0.25) is 0 Å². The highest BCUT2D eigenvalue weighted by atomic mass is 16.5. The number of aromatic nitrogens is 2. The number of benzene rings is 1. The molecule has 0 fully saturated rings. The highest BCUT2D eigenvalue weighted by molar-refractivity contribution is 5.81. The largest absolute Gasteiger partial charge is 0.437 e. The second-order valence-electron chi connectivity index (χ2n) is 5.66. The van der Waals surface area contributed by atoms with E-state index in [0.29, 0.717) is 28.8 Å². The van der Waals surface area contributed by atoms with Crippen LogP contribution in [0.3, 0.4) is 0 Å². The average Bonchev–Trinajstić information content (AvgIpc) is 3.00. The van der Waals surface area contributed by atoms with Crippen LogP contribution in [0.5, 0.6) is 5.75 Å². The van der Waals surface area contributed by atoms with Gasteiger partial charge in [0.2, 0.25) is 11.8 Å². The molecule has 1 N–H and O–H groups in total. The molecule has 1 aliphatic rings. The summed E-state index contributed by atoms with van der Waals surface area (Å²) in [5.74, 6) is 1.71. The number of anilines is 2. The summed E-state index contributed by atoms with van der Waals surface area (Å²) in [6, 6.07) is 11.7. The lowest BCUT2D eigenvalue weighted by Crippen LogP contribution is -2.32. The van der Waals surface area contributed by atoms with Crippen LogP contribution < -0.4 is 15.0 Å². The van der Waals surface area contributed by atoms with Crippen LogP contribution in [-0.2, 0) is 0 Å². The number of nitrogens with zero attached hydrogens (tertiary/aromatic N) is 4. The Hall–Kier alpha value is -3.07. The second kappa shape index (κ2) is 6.59. The summed E-state index contributed by atoms with van der Waals surface area (Å²) in [6.45, 7) is 7.01. The van der Waals surface area contributed by atoms with E-state index >= 15 is 0 Å². The van der Waals surface area contributed by atoms with Gasteiger partial charge < -0.3 is 15.0 Å². The van der Waals surface area contributed by atoms with Crippen molar-refractivity contribution in [2.24, 2.45) is 0 Å². The van der Waals surface area contributed by atoms with Gasteiger partial charge >= 0.3 is 0 Å². The molecule has 1 aromatic heterocycles. The molecular weight excluding hydrogens is 302 g/mol. The van der Waals surface area contributed by atoms with Crippen molar-refractivity contribution in [3.63, 3.8) is 0 Å². The van der Waals surface area contributed by atoms with Gasteiger partial charge in [-0.1, -0.05) is 12.1 Å². The Morgan fingerprint density at radius 2 is 2.12 bits per heavy atom. The molecular formula is C18H19N5O. The summed E-state index contributed by atoms with van der Waals surface area (Å²) in [4.78, 5) is 11.0. The van der Waals surface area contributed by atoms with E-state index in [1.807, 2.05) is 24.3 Å². The SMILES string of the molecule is CCN(c1nccc(/C(C#N)=C2/Nc3ccccc3O2)n1)C(C)C. The highest BCUT2D eigenvalue weighted by Gasteiger charge is 2.22. The van der Waals surface area contributed by atoms with Crippen molar-refractivity contribution in [1.82, 2.24) is 9.97 Å². The lowest BCUT2D eigenvalue weighted by atomic mass is 10.2. The molecule has 0 atom stereocenters. The zero-order valence-electron chi connectivity index (χ0n) is 13.9. The van der Waals surface area contributed by atoms with Gasteiger partial charge in [0.15, 0.2) is 5.75 Å². The van der Waals surface area contributed by atoms with Crippen LogP contribution in [0.15, 0.2) is 42.4 Å². The fourth-order valence-corrected chi connectivity index (χ4v) is 2.62. The predicted octanol–water partition coefficient (Wildman–Crippen LogP) is 3.41. The molecule has 2 aromatic rings. The van der Waals surface area contributed by atoms with Crippen LogP contribution in [0, 0.1) is 11.3 Å². The van der Waals surface area contributed by atoms with Crippen molar-refractivity contribution in [3.05, 3.63) is 48.1 Å². The molecule has 0 spiro atoms. The molecule has 1 aromatic carbocycles. The molecule has 0 aliphatic carbocycles. The Morgan fingerprint density at radius 1 is 1.33 bits per heavy atom. The number of rotatable bonds is 4. The van der Waals surface area contributed by atoms with Gasteiger partial charge in [-0.2, -0.15) is 5.26 Å². The van der Waals surface area contributed by atoms with Crippen molar-refractivity contribution in [3.8, 4) is 11.8 Å². The first-order chi connectivity index (χ1) is 11.6. The lowest BCUT2D eigenvalue weighted by molar-refractivity contribution is 0.460. The molecule has 6 nitrogen and oxygen atoms in total.